The molecule has 0 aliphatic rings. The minimum Gasteiger partial charge on any atom is -0.458 e. The molecular formula is C15H12N3O4+. The summed E-state index contributed by atoms with van der Waals surface area (Å²) >= 11 is 0. The van der Waals surface area contributed by atoms with Crippen LogP contribution in [0.3, 0.4) is 0 Å². The fourth-order valence-corrected chi connectivity index (χ4v) is 1.80. The lowest BCUT2D eigenvalue weighted by Gasteiger charge is -2.01. The highest BCUT2D eigenvalue weighted by atomic mass is 16.3. The van der Waals surface area contributed by atoms with E-state index < -0.39 is 11.8 Å². The molecule has 0 spiro atoms. The van der Waals surface area contributed by atoms with E-state index >= 15 is 0 Å². The summed E-state index contributed by atoms with van der Waals surface area (Å²) in [7, 11) is 0. The van der Waals surface area contributed by atoms with Gasteiger partial charge in [0, 0.05) is 12.1 Å². The molecule has 0 bridgehead atoms. The van der Waals surface area contributed by atoms with Gasteiger partial charge < -0.3 is 8.83 Å². The molecule has 0 radical (unpaired) electrons. The maximum Gasteiger partial charge on any atom is 0.347 e. The lowest BCUT2D eigenvalue weighted by atomic mass is 10.3. The van der Waals surface area contributed by atoms with Crippen molar-refractivity contribution in [2.75, 3.05) is 10.6 Å². The Morgan fingerprint density at radius 3 is 1.68 bits per heavy atom. The van der Waals surface area contributed by atoms with Crippen molar-refractivity contribution in [3.05, 3.63) is 66.5 Å². The Balaban J connectivity index is 1.70. The first kappa shape index (κ1) is 13.6. The van der Waals surface area contributed by atoms with E-state index in [1.165, 1.54) is 12.5 Å². The predicted octanol–water partition coefficient (Wildman–Crippen LogP) is 2.19. The Kier molecular flexibility index (Phi) is 3.69. The number of aromatic nitrogens is 1. The van der Waals surface area contributed by atoms with Crippen LogP contribution in [0.1, 0.15) is 21.1 Å². The second kappa shape index (κ2) is 5.96. The first-order valence-electron chi connectivity index (χ1n) is 6.44. The normalized spacial score (nSPS) is 10.2. The van der Waals surface area contributed by atoms with Gasteiger partial charge in [0.25, 0.3) is 0 Å². The Bertz CT molecular complexity index is 715. The molecule has 3 rings (SSSR count). The van der Waals surface area contributed by atoms with Gasteiger partial charge in [-0.25, -0.2) is 25.2 Å². The van der Waals surface area contributed by atoms with Crippen LogP contribution in [0.2, 0.25) is 0 Å². The summed E-state index contributed by atoms with van der Waals surface area (Å²) in [5, 5.41) is 5.26. The summed E-state index contributed by atoms with van der Waals surface area (Å²) in [6.45, 7) is 0. The molecule has 3 N–H and O–H groups in total. The Morgan fingerprint density at radius 2 is 1.27 bits per heavy atom. The molecule has 110 valence electrons. The number of anilines is 2. The number of carbonyl (C=O) groups is 2. The lowest BCUT2D eigenvalue weighted by molar-refractivity contribution is -0.343. The van der Waals surface area contributed by atoms with Gasteiger partial charge in [0.1, 0.15) is 0 Å². The largest absolute Gasteiger partial charge is 0.458 e. The Morgan fingerprint density at radius 1 is 0.773 bits per heavy atom. The summed E-state index contributed by atoms with van der Waals surface area (Å²) < 4.78 is 10.0. The fraction of sp³-hybridized carbons (Fsp3) is 0. The molecule has 0 fully saturated rings. The number of aromatic amines is 1. The van der Waals surface area contributed by atoms with Gasteiger partial charge in [-0.15, -0.1) is 0 Å². The number of pyridine rings is 1. The summed E-state index contributed by atoms with van der Waals surface area (Å²) in [6.07, 6.45) is 2.83. The van der Waals surface area contributed by atoms with Crippen molar-refractivity contribution in [3.63, 3.8) is 0 Å². The molecule has 0 unspecified atom stereocenters. The number of nitrogens with one attached hydrogen (secondary N) is 3. The molecule has 3 aromatic rings. The van der Waals surface area contributed by atoms with E-state index in [1.54, 1.807) is 42.5 Å². The minimum absolute atomic E-state index is 0.193. The zero-order valence-electron chi connectivity index (χ0n) is 11.3. The van der Waals surface area contributed by atoms with Gasteiger partial charge in [-0.3, -0.25) is 0 Å². The van der Waals surface area contributed by atoms with Crippen LogP contribution in [0.5, 0.6) is 0 Å². The molecule has 22 heavy (non-hydrogen) atoms. The van der Waals surface area contributed by atoms with Crippen molar-refractivity contribution in [1.29, 1.82) is 0 Å². The Labute approximate surface area is 125 Å². The third-order valence-corrected chi connectivity index (χ3v) is 2.78. The van der Waals surface area contributed by atoms with Crippen molar-refractivity contribution in [1.82, 2.24) is 0 Å². The second-order valence-corrected chi connectivity index (χ2v) is 4.34. The first-order chi connectivity index (χ1) is 10.7. The van der Waals surface area contributed by atoms with E-state index in [2.05, 4.69) is 15.6 Å². The van der Waals surface area contributed by atoms with Crippen LogP contribution in [0, 0.1) is 0 Å². The summed E-state index contributed by atoms with van der Waals surface area (Å²) in [6, 6.07) is 11.4. The van der Waals surface area contributed by atoms with Crippen molar-refractivity contribution < 1.29 is 23.4 Å². The molecule has 7 nitrogen and oxygen atoms in total. The summed E-state index contributed by atoms with van der Waals surface area (Å²) in [4.78, 5) is 26.6. The van der Waals surface area contributed by atoms with Gasteiger partial charge in [0.15, 0.2) is 0 Å². The van der Waals surface area contributed by atoms with E-state index in [-0.39, 0.29) is 11.5 Å². The topological polar surface area (TPSA) is 98.6 Å². The molecule has 7 heteroatoms. The molecule has 0 aromatic carbocycles. The number of amides is 2. The van der Waals surface area contributed by atoms with Crippen LogP contribution < -0.4 is 15.6 Å². The molecule has 0 saturated carbocycles. The second-order valence-electron chi connectivity index (χ2n) is 4.34. The lowest BCUT2D eigenvalue weighted by Crippen LogP contribution is -2.24. The highest BCUT2D eigenvalue weighted by Gasteiger charge is 2.16. The fourth-order valence-electron chi connectivity index (χ4n) is 1.80. The van der Waals surface area contributed by atoms with Gasteiger partial charge >= 0.3 is 11.8 Å². The van der Waals surface area contributed by atoms with E-state index in [0.717, 1.165) is 0 Å². The van der Waals surface area contributed by atoms with Crippen LogP contribution in [0.4, 0.5) is 11.6 Å². The van der Waals surface area contributed by atoms with Gasteiger partial charge in [0.05, 0.1) is 12.5 Å². The number of rotatable bonds is 4. The third-order valence-electron chi connectivity index (χ3n) is 2.78. The van der Waals surface area contributed by atoms with E-state index in [0.29, 0.717) is 11.6 Å². The van der Waals surface area contributed by atoms with Crippen molar-refractivity contribution in [3.8, 4) is 0 Å². The average molecular weight is 298 g/mol. The molecule has 0 aliphatic heterocycles. The SMILES string of the molecule is O=C(Nc1cccc(NC(=O)c2ccco2)[nH+]1)c1ccco1. The maximum atomic E-state index is 11.9. The monoisotopic (exact) mass is 298 g/mol. The molecule has 0 aliphatic carbocycles. The van der Waals surface area contributed by atoms with E-state index in [4.69, 9.17) is 8.83 Å². The number of carbonyl (C=O) groups excluding carboxylic acids is 2. The molecule has 0 saturated heterocycles. The van der Waals surface area contributed by atoms with Crippen molar-refractivity contribution in [2.45, 2.75) is 0 Å². The van der Waals surface area contributed by atoms with Crippen LogP contribution in [0.25, 0.3) is 0 Å². The summed E-state index contributed by atoms with van der Waals surface area (Å²) in [5.74, 6) is 0.431. The van der Waals surface area contributed by atoms with Gasteiger partial charge in [0.2, 0.25) is 23.2 Å². The van der Waals surface area contributed by atoms with Crippen molar-refractivity contribution in [2.24, 2.45) is 0 Å². The first-order valence-corrected chi connectivity index (χ1v) is 6.44. The van der Waals surface area contributed by atoms with Crippen LogP contribution in [-0.2, 0) is 0 Å². The maximum absolute atomic E-state index is 11.9. The highest BCUT2D eigenvalue weighted by Crippen LogP contribution is 2.08. The number of furan rings is 2. The van der Waals surface area contributed by atoms with Gasteiger partial charge in [-0.05, 0) is 30.3 Å². The highest BCUT2D eigenvalue weighted by molar-refractivity contribution is 6.02. The third kappa shape index (κ3) is 3.04. The molecule has 3 heterocycles. The van der Waals surface area contributed by atoms with Gasteiger partial charge in [-0.1, -0.05) is 0 Å². The van der Waals surface area contributed by atoms with E-state index in [1.807, 2.05) is 0 Å². The predicted molar refractivity (Wildman–Crippen MR) is 76.3 cm³/mol. The van der Waals surface area contributed by atoms with Crippen LogP contribution in [-0.4, -0.2) is 11.8 Å². The smallest absolute Gasteiger partial charge is 0.347 e. The van der Waals surface area contributed by atoms with E-state index in [9.17, 15) is 9.59 Å². The number of hydrogen-bond donors (Lipinski definition) is 2. The number of hydrogen-bond acceptors (Lipinski definition) is 4. The standard InChI is InChI=1S/C15H11N3O4/c19-14(10-4-2-8-21-10)17-12-6-1-7-13(16-12)18-15(20)11-5-3-9-22-11/h1-9H,(H2,16,17,18,19,20)/p+1. The average Bonchev–Trinajstić information content (AvgIpc) is 3.21. The zero-order chi connectivity index (χ0) is 15.4. The Hall–Kier alpha value is -3.35. The molecular weight excluding hydrogens is 286 g/mol. The zero-order valence-corrected chi connectivity index (χ0v) is 11.3. The van der Waals surface area contributed by atoms with Crippen molar-refractivity contribution >= 4 is 23.5 Å². The van der Waals surface area contributed by atoms with Gasteiger partial charge in [-0.2, -0.15) is 0 Å². The van der Waals surface area contributed by atoms with Crippen LogP contribution in [0.15, 0.2) is 63.8 Å². The molecule has 3 aromatic heterocycles. The molecule has 2 amide bonds. The minimum atomic E-state index is -0.393. The number of H-pyrrole nitrogens is 1. The molecule has 0 atom stereocenters. The summed E-state index contributed by atoms with van der Waals surface area (Å²) in [5.41, 5.74) is 0. The van der Waals surface area contributed by atoms with Crippen LogP contribution >= 0.6 is 0 Å². The quantitative estimate of drug-likeness (QED) is 0.771.